The van der Waals surface area contributed by atoms with Gasteiger partial charge in [-0.15, -0.1) is 0 Å². The van der Waals surface area contributed by atoms with Crippen molar-refractivity contribution in [3.05, 3.63) is 78.0 Å². The van der Waals surface area contributed by atoms with Crippen LogP contribution in [0.25, 0.3) is 11.3 Å². The lowest BCUT2D eigenvalue weighted by molar-refractivity contribution is 0.373. The van der Waals surface area contributed by atoms with Gasteiger partial charge in [0.1, 0.15) is 0 Å². The van der Waals surface area contributed by atoms with E-state index in [9.17, 15) is 5.11 Å². The Hall–Kier alpha value is -2.81. The summed E-state index contributed by atoms with van der Waals surface area (Å²) in [4.78, 5) is 4.51. The van der Waals surface area contributed by atoms with Gasteiger partial charge < -0.3 is 9.84 Å². The molecule has 116 valence electrons. The molecule has 3 nitrogen and oxygen atoms in total. The number of aromatic nitrogens is 1. The maximum atomic E-state index is 10.00. The molecule has 3 heteroatoms. The van der Waals surface area contributed by atoms with Crippen molar-refractivity contribution >= 4 is 0 Å². The van der Waals surface area contributed by atoms with Crippen LogP contribution in [0.2, 0.25) is 0 Å². The topological polar surface area (TPSA) is 42.4 Å². The van der Waals surface area contributed by atoms with Gasteiger partial charge in [0.2, 0.25) is 0 Å². The summed E-state index contributed by atoms with van der Waals surface area (Å²) in [6.45, 7) is 0. The first-order valence-corrected chi connectivity index (χ1v) is 7.63. The van der Waals surface area contributed by atoms with Gasteiger partial charge in [0.15, 0.2) is 11.5 Å². The average molecular weight is 305 g/mol. The molecule has 1 heterocycles. The Labute approximate surface area is 136 Å². The molecule has 3 rings (SSSR count). The van der Waals surface area contributed by atoms with Crippen LogP contribution >= 0.6 is 0 Å². The van der Waals surface area contributed by atoms with Gasteiger partial charge in [-0.05, 0) is 48.2 Å². The van der Waals surface area contributed by atoms with Crippen molar-refractivity contribution in [3.8, 4) is 22.8 Å². The van der Waals surface area contributed by atoms with E-state index in [2.05, 4.69) is 35.3 Å². The van der Waals surface area contributed by atoms with Crippen LogP contribution in [0, 0.1) is 0 Å². The third kappa shape index (κ3) is 3.51. The van der Waals surface area contributed by atoms with E-state index < -0.39 is 0 Å². The number of ether oxygens (including phenoxy) is 1. The molecule has 0 spiro atoms. The molecule has 0 radical (unpaired) electrons. The Kier molecular flexibility index (Phi) is 4.57. The molecule has 1 N–H and O–H groups in total. The first-order chi connectivity index (χ1) is 11.3. The molecule has 0 saturated heterocycles. The number of rotatable bonds is 5. The van der Waals surface area contributed by atoms with Crippen LogP contribution < -0.4 is 4.74 Å². The summed E-state index contributed by atoms with van der Waals surface area (Å²) in [7, 11) is 1.54. The summed E-state index contributed by atoms with van der Waals surface area (Å²) in [5.41, 5.74) is 4.27. The second kappa shape index (κ2) is 6.97. The maximum Gasteiger partial charge on any atom is 0.160 e. The molecule has 0 unspecified atom stereocenters. The lowest BCUT2D eigenvalue weighted by atomic mass is 9.99. The van der Waals surface area contributed by atoms with Gasteiger partial charge in [-0.25, -0.2) is 0 Å². The van der Waals surface area contributed by atoms with Crippen molar-refractivity contribution in [2.24, 2.45) is 0 Å². The van der Waals surface area contributed by atoms with E-state index in [1.54, 1.807) is 25.4 Å². The molecule has 23 heavy (non-hydrogen) atoms. The Morgan fingerprint density at radius 2 is 1.78 bits per heavy atom. The number of hydrogen-bond donors (Lipinski definition) is 1. The Morgan fingerprint density at radius 1 is 0.957 bits per heavy atom. The van der Waals surface area contributed by atoms with Crippen molar-refractivity contribution in [2.45, 2.75) is 12.8 Å². The molecule has 0 aliphatic heterocycles. The zero-order chi connectivity index (χ0) is 16.1. The summed E-state index contributed by atoms with van der Waals surface area (Å²) in [6, 6.07) is 19.8. The quantitative estimate of drug-likeness (QED) is 0.766. The Bertz CT molecular complexity index is 785. The molecule has 0 aliphatic carbocycles. The van der Waals surface area contributed by atoms with Crippen LogP contribution in [0.4, 0.5) is 0 Å². The van der Waals surface area contributed by atoms with Crippen LogP contribution in [0.15, 0.2) is 66.9 Å². The third-order valence-corrected chi connectivity index (χ3v) is 3.87. The molecule has 3 aromatic rings. The van der Waals surface area contributed by atoms with E-state index in [0.29, 0.717) is 5.75 Å². The smallest absolute Gasteiger partial charge is 0.160 e. The molecule has 2 aromatic carbocycles. The van der Waals surface area contributed by atoms with E-state index in [0.717, 1.165) is 24.1 Å². The SMILES string of the molecule is COc1ccc(-c2ncccc2CCc2ccccc2)cc1O. The molecule has 0 atom stereocenters. The highest BCUT2D eigenvalue weighted by Gasteiger charge is 2.09. The minimum absolute atomic E-state index is 0.129. The van der Waals surface area contributed by atoms with Crippen molar-refractivity contribution < 1.29 is 9.84 Å². The monoisotopic (exact) mass is 305 g/mol. The number of pyridine rings is 1. The number of benzene rings is 2. The maximum absolute atomic E-state index is 10.00. The summed E-state index contributed by atoms with van der Waals surface area (Å²) in [5.74, 6) is 0.597. The van der Waals surface area contributed by atoms with Gasteiger partial charge in [-0.2, -0.15) is 0 Å². The summed E-state index contributed by atoms with van der Waals surface area (Å²) < 4.78 is 5.10. The molecule has 0 bridgehead atoms. The zero-order valence-electron chi connectivity index (χ0n) is 13.1. The van der Waals surface area contributed by atoms with Crippen molar-refractivity contribution in [3.63, 3.8) is 0 Å². The molecule has 1 aromatic heterocycles. The Morgan fingerprint density at radius 3 is 2.52 bits per heavy atom. The van der Waals surface area contributed by atoms with Gasteiger partial charge in [0.25, 0.3) is 0 Å². The van der Waals surface area contributed by atoms with E-state index in [1.807, 2.05) is 18.2 Å². The number of phenols is 1. The van der Waals surface area contributed by atoms with Crippen LogP contribution in [0.5, 0.6) is 11.5 Å². The van der Waals surface area contributed by atoms with Gasteiger partial charge in [0.05, 0.1) is 12.8 Å². The van der Waals surface area contributed by atoms with Crippen molar-refractivity contribution in [1.29, 1.82) is 0 Å². The molecule has 0 aliphatic rings. The number of methoxy groups -OCH3 is 1. The zero-order valence-corrected chi connectivity index (χ0v) is 13.1. The van der Waals surface area contributed by atoms with Crippen LogP contribution in [0.1, 0.15) is 11.1 Å². The molecule has 0 amide bonds. The van der Waals surface area contributed by atoms with Crippen LogP contribution in [-0.2, 0) is 12.8 Å². The molecular formula is C20H19NO2. The third-order valence-electron chi connectivity index (χ3n) is 3.87. The number of hydrogen-bond acceptors (Lipinski definition) is 3. The Balaban J connectivity index is 1.87. The predicted octanol–water partition coefficient (Wildman–Crippen LogP) is 4.25. The first kappa shape index (κ1) is 15.1. The van der Waals surface area contributed by atoms with Crippen molar-refractivity contribution in [1.82, 2.24) is 4.98 Å². The van der Waals surface area contributed by atoms with Gasteiger partial charge in [-0.1, -0.05) is 36.4 Å². The summed E-state index contributed by atoms with van der Waals surface area (Å²) in [6.07, 6.45) is 3.64. The first-order valence-electron chi connectivity index (χ1n) is 7.63. The van der Waals surface area contributed by atoms with Crippen LogP contribution in [-0.4, -0.2) is 17.2 Å². The lowest BCUT2D eigenvalue weighted by Crippen LogP contribution is -1.96. The van der Waals surface area contributed by atoms with Gasteiger partial charge >= 0.3 is 0 Å². The normalized spacial score (nSPS) is 10.5. The lowest BCUT2D eigenvalue weighted by Gasteiger charge is -2.10. The van der Waals surface area contributed by atoms with E-state index >= 15 is 0 Å². The van der Waals surface area contributed by atoms with Crippen LogP contribution in [0.3, 0.4) is 0 Å². The fraction of sp³-hybridized carbons (Fsp3) is 0.150. The fourth-order valence-corrected chi connectivity index (χ4v) is 2.66. The standard InChI is InChI=1S/C20H19NO2/c1-23-19-12-11-17(14-18(19)22)20-16(8-5-13-21-20)10-9-15-6-3-2-4-7-15/h2-8,11-14,22H,9-10H2,1H3. The van der Waals surface area contributed by atoms with E-state index in [-0.39, 0.29) is 5.75 Å². The molecule has 0 saturated carbocycles. The second-order valence-electron chi connectivity index (χ2n) is 5.38. The fourth-order valence-electron chi connectivity index (χ4n) is 2.66. The highest BCUT2D eigenvalue weighted by atomic mass is 16.5. The number of nitrogens with zero attached hydrogens (tertiary/aromatic N) is 1. The van der Waals surface area contributed by atoms with E-state index in [1.165, 1.54) is 11.1 Å². The summed E-state index contributed by atoms with van der Waals surface area (Å²) in [5, 5.41) is 10.00. The number of phenolic OH excluding ortho intramolecular Hbond substituents is 1. The average Bonchev–Trinajstić information content (AvgIpc) is 2.61. The summed E-state index contributed by atoms with van der Waals surface area (Å²) >= 11 is 0. The van der Waals surface area contributed by atoms with Crippen molar-refractivity contribution in [2.75, 3.05) is 7.11 Å². The minimum Gasteiger partial charge on any atom is -0.504 e. The number of aromatic hydroxyl groups is 1. The molecular weight excluding hydrogens is 286 g/mol. The predicted molar refractivity (Wildman–Crippen MR) is 91.7 cm³/mol. The van der Waals surface area contributed by atoms with Gasteiger partial charge in [-0.3, -0.25) is 4.98 Å². The molecule has 0 fully saturated rings. The van der Waals surface area contributed by atoms with Gasteiger partial charge in [0, 0.05) is 11.8 Å². The number of aryl methyl sites for hydroxylation is 2. The highest BCUT2D eigenvalue weighted by molar-refractivity contribution is 5.66. The highest BCUT2D eigenvalue weighted by Crippen LogP contribution is 2.32. The second-order valence-corrected chi connectivity index (χ2v) is 5.38. The minimum atomic E-state index is 0.129. The largest absolute Gasteiger partial charge is 0.504 e. The van der Waals surface area contributed by atoms with E-state index in [4.69, 9.17) is 4.74 Å².